The van der Waals surface area contributed by atoms with E-state index < -0.39 is 0 Å². The highest BCUT2D eigenvalue weighted by Gasteiger charge is 2.09. The normalized spacial score (nSPS) is 10.3. The Bertz CT molecular complexity index is 871. The van der Waals surface area contributed by atoms with Gasteiger partial charge in [0.2, 0.25) is 11.8 Å². The van der Waals surface area contributed by atoms with E-state index in [2.05, 4.69) is 19.9 Å². The van der Waals surface area contributed by atoms with Crippen molar-refractivity contribution in [2.24, 2.45) is 0 Å². The average Bonchev–Trinajstić information content (AvgIpc) is 2.53. The van der Waals surface area contributed by atoms with Gasteiger partial charge in [-0.1, -0.05) is 0 Å². The van der Waals surface area contributed by atoms with Gasteiger partial charge in [0, 0.05) is 11.8 Å². The third-order valence-corrected chi connectivity index (χ3v) is 2.92. The van der Waals surface area contributed by atoms with Gasteiger partial charge in [-0.05, 0) is 18.2 Å². The summed E-state index contributed by atoms with van der Waals surface area (Å²) < 4.78 is 5.02. The number of rotatable bonds is 2. The van der Waals surface area contributed by atoms with E-state index in [0.717, 1.165) is 0 Å². The van der Waals surface area contributed by atoms with Crippen LogP contribution in [0.2, 0.25) is 0 Å². The van der Waals surface area contributed by atoms with Crippen LogP contribution in [0.1, 0.15) is 5.56 Å². The van der Waals surface area contributed by atoms with Crippen LogP contribution in [-0.2, 0) is 0 Å². The van der Waals surface area contributed by atoms with Crippen LogP contribution in [0.5, 0.6) is 5.88 Å². The molecule has 3 heterocycles. The van der Waals surface area contributed by atoms with Crippen molar-refractivity contribution in [1.82, 2.24) is 19.9 Å². The van der Waals surface area contributed by atoms with Crippen molar-refractivity contribution in [2.45, 2.75) is 0 Å². The van der Waals surface area contributed by atoms with Crippen LogP contribution in [0.25, 0.3) is 22.3 Å². The van der Waals surface area contributed by atoms with Crippen LogP contribution in [-0.4, -0.2) is 27.0 Å². The zero-order valence-corrected chi connectivity index (χ0v) is 11.1. The van der Waals surface area contributed by atoms with Gasteiger partial charge in [-0.3, -0.25) is 0 Å². The number of nitriles is 1. The van der Waals surface area contributed by atoms with E-state index in [9.17, 15) is 0 Å². The van der Waals surface area contributed by atoms with Gasteiger partial charge in [-0.2, -0.15) is 5.26 Å². The molecule has 7 nitrogen and oxygen atoms in total. The summed E-state index contributed by atoms with van der Waals surface area (Å²) in [7, 11) is 1.47. The van der Waals surface area contributed by atoms with E-state index in [0.29, 0.717) is 27.9 Å². The maximum atomic E-state index is 9.10. The van der Waals surface area contributed by atoms with Gasteiger partial charge in [0.15, 0.2) is 0 Å². The first kappa shape index (κ1) is 12.7. The Balaban J connectivity index is 2.12. The number of nitrogens with zero attached hydrogens (tertiary/aromatic N) is 5. The summed E-state index contributed by atoms with van der Waals surface area (Å²) in [6.07, 6.45) is 3.16. The fourth-order valence-corrected chi connectivity index (χ4v) is 1.93. The maximum absolute atomic E-state index is 9.10. The fraction of sp³-hybridized carbons (Fsp3) is 0.0714. The monoisotopic (exact) mass is 278 g/mol. The summed E-state index contributed by atoms with van der Waals surface area (Å²) >= 11 is 0. The lowest BCUT2D eigenvalue weighted by molar-refractivity contribution is 0.396. The van der Waals surface area contributed by atoms with Crippen molar-refractivity contribution in [3.05, 3.63) is 36.2 Å². The Morgan fingerprint density at radius 1 is 1.14 bits per heavy atom. The van der Waals surface area contributed by atoms with Gasteiger partial charge in [0.25, 0.3) is 0 Å². The first-order chi connectivity index (χ1) is 10.2. The van der Waals surface area contributed by atoms with Crippen molar-refractivity contribution in [1.29, 1.82) is 5.26 Å². The molecule has 2 N–H and O–H groups in total. The van der Waals surface area contributed by atoms with Crippen LogP contribution < -0.4 is 10.5 Å². The van der Waals surface area contributed by atoms with Crippen molar-refractivity contribution in [3.63, 3.8) is 0 Å². The molecule has 3 rings (SSSR count). The summed E-state index contributed by atoms with van der Waals surface area (Å²) in [4.78, 5) is 16.6. The highest BCUT2D eigenvalue weighted by Crippen LogP contribution is 2.23. The minimum Gasteiger partial charge on any atom is -0.480 e. The molecule has 0 aliphatic carbocycles. The molecule has 0 saturated carbocycles. The summed E-state index contributed by atoms with van der Waals surface area (Å²) in [5, 5.41) is 9.10. The van der Waals surface area contributed by atoms with Gasteiger partial charge < -0.3 is 10.5 Å². The van der Waals surface area contributed by atoms with E-state index in [-0.39, 0.29) is 11.8 Å². The third-order valence-electron chi connectivity index (χ3n) is 2.92. The second-order valence-electron chi connectivity index (χ2n) is 4.22. The molecule has 0 amide bonds. The topological polar surface area (TPSA) is 111 Å². The predicted octanol–water partition coefficient (Wildman–Crippen LogP) is 1.55. The number of pyridine rings is 2. The minimum atomic E-state index is 0.204. The van der Waals surface area contributed by atoms with Gasteiger partial charge in [0.1, 0.15) is 17.1 Å². The molecular weight excluding hydrogens is 268 g/mol. The molecule has 3 aromatic heterocycles. The van der Waals surface area contributed by atoms with Crippen LogP contribution in [0.15, 0.2) is 30.6 Å². The van der Waals surface area contributed by atoms with Gasteiger partial charge in [0.05, 0.1) is 24.5 Å². The molecule has 0 aliphatic heterocycles. The molecule has 102 valence electrons. The lowest BCUT2D eigenvalue weighted by Crippen LogP contribution is -1.97. The van der Waals surface area contributed by atoms with E-state index in [1.165, 1.54) is 7.11 Å². The van der Waals surface area contributed by atoms with Crippen LogP contribution in [0.3, 0.4) is 0 Å². The zero-order chi connectivity index (χ0) is 14.8. The Labute approximate surface area is 120 Å². The number of nitrogens with two attached hydrogens (primary N) is 1. The molecule has 7 heteroatoms. The molecule has 0 atom stereocenters. The molecule has 0 unspecified atom stereocenters. The first-order valence-corrected chi connectivity index (χ1v) is 6.05. The third kappa shape index (κ3) is 2.30. The number of fused-ring (bicyclic) bond motifs is 1. The van der Waals surface area contributed by atoms with Crippen molar-refractivity contribution >= 4 is 17.0 Å². The molecule has 0 fully saturated rings. The molecule has 0 bridgehead atoms. The molecule has 0 aromatic carbocycles. The van der Waals surface area contributed by atoms with E-state index in [1.54, 1.807) is 30.6 Å². The molecule has 0 saturated heterocycles. The van der Waals surface area contributed by atoms with Gasteiger partial charge in [-0.25, -0.2) is 19.9 Å². The van der Waals surface area contributed by atoms with Gasteiger partial charge in [-0.15, -0.1) is 0 Å². The molecule has 0 aliphatic rings. The second-order valence-corrected chi connectivity index (χ2v) is 4.22. The number of anilines is 1. The van der Waals surface area contributed by atoms with Crippen molar-refractivity contribution in [3.8, 4) is 23.2 Å². The summed E-state index contributed by atoms with van der Waals surface area (Å²) in [5.74, 6) is 0.494. The Morgan fingerprint density at radius 2 is 2.00 bits per heavy atom. The van der Waals surface area contributed by atoms with Crippen LogP contribution in [0, 0.1) is 11.3 Å². The van der Waals surface area contributed by atoms with Crippen molar-refractivity contribution in [2.75, 3.05) is 12.8 Å². The number of hydrogen-bond donors (Lipinski definition) is 1. The molecule has 0 radical (unpaired) electrons. The number of methoxy groups -OCH3 is 1. The predicted molar refractivity (Wildman–Crippen MR) is 76.2 cm³/mol. The van der Waals surface area contributed by atoms with Crippen LogP contribution >= 0.6 is 0 Å². The number of nitrogen functional groups attached to an aromatic ring is 1. The molecular formula is C14H10N6O. The molecule has 3 aromatic rings. The highest BCUT2D eigenvalue weighted by molar-refractivity contribution is 5.78. The van der Waals surface area contributed by atoms with Crippen molar-refractivity contribution < 1.29 is 4.74 Å². The minimum absolute atomic E-state index is 0.204. The maximum Gasteiger partial charge on any atom is 0.231 e. The SMILES string of the molecule is COc1ncc(-c2ccc3nc(N)ncc3n2)cc1C#N. The Hall–Kier alpha value is -3.27. The second kappa shape index (κ2) is 5.02. The summed E-state index contributed by atoms with van der Waals surface area (Å²) in [6, 6.07) is 7.31. The first-order valence-electron chi connectivity index (χ1n) is 6.05. The number of hydrogen-bond acceptors (Lipinski definition) is 7. The largest absolute Gasteiger partial charge is 0.480 e. The number of ether oxygens (including phenoxy) is 1. The Kier molecular flexibility index (Phi) is 3.04. The van der Waals surface area contributed by atoms with E-state index >= 15 is 0 Å². The fourth-order valence-electron chi connectivity index (χ4n) is 1.93. The van der Waals surface area contributed by atoms with Gasteiger partial charge >= 0.3 is 0 Å². The smallest absolute Gasteiger partial charge is 0.231 e. The lowest BCUT2D eigenvalue weighted by atomic mass is 10.1. The summed E-state index contributed by atoms with van der Waals surface area (Å²) in [5.41, 5.74) is 8.55. The zero-order valence-electron chi connectivity index (χ0n) is 11.1. The Morgan fingerprint density at radius 3 is 2.76 bits per heavy atom. The molecule has 0 spiro atoms. The lowest BCUT2D eigenvalue weighted by Gasteiger charge is -2.05. The molecule has 21 heavy (non-hydrogen) atoms. The van der Waals surface area contributed by atoms with Crippen LogP contribution in [0.4, 0.5) is 5.95 Å². The number of aromatic nitrogens is 4. The average molecular weight is 278 g/mol. The highest BCUT2D eigenvalue weighted by atomic mass is 16.5. The van der Waals surface area contributed by atoms with E-state index in [1.807, 2.05) is 6.07 Å². The standard InChI is InChI=1S/C14H10N6O/c1-21-13-8(5-15)4-9(6-17-13)10-2-3-11-12(19-10)7-18-14(16)20-11/h2-4,6-7H,1H3,(H2,16,18,20). The summed E-state index contributed by atoms with van der Waals surface area (Å²) in [6.45, 7) is 0. The quantitative estimate of drug-likeness (QED) is 0.756. The van der Waals surface area contributed by atoms with E-state index in [4.69, 9.17) is 15.7 Å².